The van der Waals surface area contributed by atoms with Crippen LogP contribution in [0, 0.1) is 23.2 Å². The molecule has 6 atom stereocenters. The molecule has 29 heavy (non-hydrogen) atoms. The predicted octanol–water partition coefficient (Wildman–Crippen LogP) is 2.40. The molecule has 0 radical (unpaired) electrons. The smallest absolute Gasteiger partial charge is 0.410 e. The molecular formula is C21H33N3O5. The zero-order valence-electron chi connectivity index (χ0n) is 17.6. The molecule has 3 amide bonds. The lowest BCUT2D eigenvalue weighted by Crippen LogP contribution is -2.59. The van der Waals surface area contributed by atoms with Crippen molar-refractivity contribution in [3.8, 4) is 0 Å². The van der Waals surface area contributed by atoms with Crippen LogP contribution in [0.2, 0.25) is 0 Å². The number of nitrogens with two attached hydrogens (primary N) is 1. The Kier molecular flexibility index (Phi) is 4.94. The summed E-state index contributed by atoms with van der Waals surface area (Å²) < 4.78 is 11.2. The first-order chi connectivity index (χ1) is 13.5. The van der Waals surface area contributed by atoms with Gasteiger partial charge in [-0.15, -0.1) is 0 Å². The number of hydrogen-bond acceptors (Lipinski definition) is 5. The quantitative estimate of drug-likeness (QED) is 0.746. The predicted molar refractivity (Wildman–Crippen MR) is 105 cm³/mol. The average molecular weight is 408 g/mol. The molecular weight excluding hydrogens is 374 g/mol. The second-order valence-electron chi connectivity index (χ2n) is 10.5. The lowest BCUT2D eigenvalue weighted by molar-refractivity contribution is -0.161. The molecule has 1 saturated heterocycles. The van der Waals surface area contributed by atoms with Crippen LogP contribution in [0.3, 0.4) is 0 Å². The summed E-state index contributed by atoms with van der Waals surface area (Å²) in [6.07, 6.45) is 4.22. The molecule has 5 rings (SSSR count). The number of carbonyl (C=O) groups excluding carboxylic acids is 3. The van der Waals surface area contributed by atoms with E-state index in [2.05, 4.69) is 5.32 Å². The van der Waals surface area contributed by atoms with Crippen molar-refractivity contribution < 1.29 is 23.9 Å². The highest BCUT2D eigenvalue weighted by Gasteiger charge is 2.59. The number of rotatable bonds is 3. The Labute approximate surface area is 171 Å². The molecule has 1 aliphatic heterocycles. The van der Waals surface area contributed by atoms with Crippen LogP contribution in [0.4, 0.5) is 9.59 Å². The number of ether oxygens (including phenoxy) is 2. The monoisotopic (exact) mass is 407 g/mol. The van der Waals surface area contributed by atoms with E-state index in [1.807, 2.05) is 20.8 Å². The van der Waals surface area contributed by atoms with Gasteiger partial charge in [-0.3, -0.25) is 4.79 Å². The van der Waals surface area contributed by atoms with Crippen molar-refractivity contribution in [1.82, 2.24) is 10.2 Å². The van der Waals surface area contributed by atoms with Gasteiger partial charge in [0.15, 0.2) is 0 Å². The highest BCUT2D eigenvalue weighted by Crippen LogP contribution is 2.60. The average Bonchev–Trinajstić information content (AvgIpc) is 3.04. The molecule has 4 saturated carbocycles. The van der Waals surface area contributed by atoms with Crippen LogP contribution in [-0.4, -0.2) is 53.8 Å². The van der Waals surface area contributed by atoms with Crippen molar-refractivity contribution in [2.75, 3.05) is 13.1 Å². The normalized spacial score (nSPS) is 38.0. The van der Waals surface area contributed by atoms with Gasteiger partial charge in [-0.25, -0.2) is 9.59 Å². The van der Waals surface area contributed by atoms with Crippen molar-refractivity contribution in [1.29, 1.82) is 0 Å². The van der Waals surface area contributed by atoms with Gasteiger partial charge < -0.3 is 25.4 Å². The number of carbonyl (C=O) groups is 3. The minimum Gasteiger partial charge on any atom is -0.446 e. The fourth-order valence-corrected chi connectivity index (χ4v) is 6.18. The fraction of sp³-hybridized carbons (Fsp3) is 0.857. The van der Waals surface area contributed by atoms with Crippen molar-refractivity contribution in [3.63, 3.8) is 0 Å². The third-order valence-corrected chi connectivity index (χ3v) is 7.11. The highest BCUT2D eigenvalue weighted by atomic mass is 16.6. The summed E-state index contributed by atoms with van der Waals surface area (Å²) in [6.45, 7) is 6.43. The molecule has 0 aromatic heterocycles. The molecule has 0 aromatic carbocycles. The number of primary amides is 1. The van der Waals surface area contributed by atoms with Gasteiger partial charge in [0.05, 0.1) is 11.5 Å². The molecule has 5 aliphatic rings. The zero-order valence-corrected chi connectivity index (χ0v) is 17.6. The molecule has 4 aliphatic carbocycles. The minimum absolute atomic E-state index is 0.121. The maximum atomic E-state index is 12.8. The summed E-state index contributed by atoms with van der Waals surface area (Å²) >= 11 is 0. The van der Waals surface area contributed by atoms with E-state index in [4.69, 9.17) is 15.2 Å². The molecule has 0 spiro atoms. The molecule has 3 unspecified atom stereocenters. The van der Waals surface area contributed by atoms with Crippen LogP contribution < -0.4 is 11.1 Å². The van der Waals surface area contributed by atoms with E-state index in [0.29, 0.717) is 25.4 Å². The largest absolute Gasteiger partial charge is 0.446 e. The molecule has 8 heteroatoms. The van der Waals surface area contributed by atoms with Crippen LogP contribution in [0.15, 0.2) is 0 Å². The van der Waals surface area contributed by atoms with Crippen LogP contribution in [0.5, 0.6) is 0 Å². The molecule has 1 heterocycles. The fourth-order valence-electron chi connectivity index (χ4n) is 6.18. The van der Waals surface area contributed by atoms with Crippen LogP contribution in [0.1, 0.15) is 59.3 Å². The summed E-state index contributed by atoms with van der Waals surface area (Å²) in [4.78, 5) is 38.5. The Hall–Kier alpha value is -1.99. The van der Waals surface area contributed by atoms with Gasteiger partial charge in [0, 0.05) is 13.1 Å². The first-order valence-corrected chi connectivity index (χ1v) is 10.8. The van der Waals surface area contributed by atoms with Crippen molar-refractivity contribution in [2.24, 2.45) is 28.9 Å². The first-order valence-electron chi connectivity index (χ1n) is 10.8. The van der Waals surface area contributed by atoms with Crippen LogP contribution in [-0.2, 0) is 14.3 Å². The molecule has 162 valence electrons. The van der Waals surface area contributed by atoms with Crippen LogP contribution in [0.25, 0.3) is 0 Å². The summed E-state index contributed by atoms with van der Waals surface area (Å²) in [7, 11) is 0. The third kappa shape index (κ3) is 4.03. The topological polar surface area (TPSA) is 111 Å². The van der Waals surface area contributed by atoms with Gasteiger partial charge in [-0.05, 0) is 77.0 Å². The van der Waals surface area contributed by atoms with E-state index in [0.717, 1.165) is 32.1 Å². The molecule has 4 bridgehead atoms. The molecule has 8 nitrogen and oxygen atoms in total. The Morgan fingerprint density at radius 2 is 1.76 bits per heavy atom. The zero-order chi connectivity index (χ0) is 21.0. The van der Waals surface area contributed by atoms with Gasteiger partial charge in [0.25, 0.3) is 0 Å². The van der Waals surface area contributed by atoms with E-state index < -0.39 is 11.7 Å². The summed E-state index contributed by atoms with van der Waals surface area (Å²) in [5, 5.41) is 2.83. The lowest BCUT2D eigenvalue weighted by Gasteiger charge is -2.58. The maximum absolute atomic E-state index is 12.8. The Balaban J connectivity index is 1.31. The van der Waals surface area contributed by atoms with Gasteiger partial charge >= 0.3 is 12.2 Å². The Morgan fingerprint density at radius 3 is 2.34 bits per heavy atom. The standard InChI is InChI=1S/C21H33N3O5/c1-20(2,3)29-18(26)23-15-4-5-24(11-15)19(27)28-16-13-6-12-7-14(16)10-21(8-12,9-13)17(22)25/h12-16H,4-11H2,1-3H3,(H2,22,25)(H,23,26)/t12?,13-,14?,15-,16?,21+/m1/s1. The highest BCUT2D eigenvalue weighted by molar-refractivity contribution is 5.81. The second kappa shape index (κ2) is 7.06. The van der Waals surface area contributed by atoms with E-state index in [-0.39, 0.29) is 41.4 Å². The van der Waals surface area contributed by atoms with Crippen molar-refractivity contribution in [2.45, 2.75) is 77.0 Å². The number of alkyl carbamates (subject to hydrolysis) is 1. The van der Waals surface area contributed by atoms with E-state index in [1.165, 1.54) is 0 Å². The Bertz CT molecular complexity index is 687. The third-order valence-electron chi connectivity index (χ3n) is 7.11. The van der Waals surface area contributed by atoms with Gasteiger partial charge in [-0.2, -0.15) is 0 Å². The van der Waals surface area contributed by atoms with Gasteiger partial charge in [-0.1, -0.05) is 0 Å². The van der Waals surface area contributed by atoms with E-state index in [1.54, 1.807) is 4.90 Å². The molecule has 5 fully saturated rings. The number of nitrogens with zero attached hydrogens (tertiary/aromatic N) is 1. The molecule has 0 aromatic rings. The minimum atomic E-state index is -0.553. The number of likely N-dealkylation sites (tertiary alicyclic amines) is 1. The second-order valence-corrected chi connectivity index (χ2v) is 10.5. The lowest BCUT2D eigenvalue weighted by atomic mass is 9.48. The first kappa shape index (κ1) is 20.3. The van der Waals surface area contributed by atoms with Crippen molar-refractivity contribution >= 4 is 18.1 Å². The molecule has 3 N–H and O–H groups in total. The number of nitrogens with one attached hydrogen (secondary N) is 1. The van der Waals surface area contributed by atoms with E-state index >= 15 is 0 Å². The number of amides is 3. The SMILES string of the molecule is CC(C)(C)OC(=O)N[C@@H]1CCN(C(=O)OC2C3CC4C[C@@H]2C[C@@](C(N)=O)(C4)C3)C1. The van der Waals surface area contributed by atoms with Crippen molar-refractivity contribution in [3.05, 3.63) is 0 Å². The maximum Gasteiger partial charge on any atom is 0.410 e. The summed E-state index contributed by atoms with van der Waals surface area (Å²) in [5.74, 6) is 0.813. The number of hydrogen-bond donors (Lipinski definition) is 2. The van der Waals surface area contributed by atoms with Gasteiger partial charge in [0.2, 0.25) is 5.91 Å². The Morgan fingerprint density at radius 1 is 1.10 bits per heavy atom. The van der Waals surface area contributed by atoms with E-state index in [9.17, 15) is 14.4 Å². The van der Waals surface area contributed by atoms with Gasteiger partial charge in [0.1, 0.15) is 11.7 Å². The summed E-state index contributed by atoms with van der Waals surface area (Å²) in [5.41, 5.74) is 4.80. The summed E-state index contributed by atoms with van der Waals surface area (Å²) in [6, 6.07) is -0.131. The van der Waals surface area contributed by atoms with Crippen LogP contribution >= 0.6 is 0 Å².